The van der Waals surface area contributed by atoms with Crippen molar-refractivity contribution in [1.82, 2.24) is 10.3 Å². The van der Waals surface area contributed by atoms with Gasteiger partial charge in [-0.05, 0) is 43.7 Å². The van der Waals surface area contributed by atoms with E-state index in [1.54, 1.807) is 0 Å². The Morgan fingerprint density at radius 3 is 2.89 bits per heavy atom. The second-order valence-corrected chi connectivity index (χ2v) is 5.52. The average molecular weight is 246 g/mol. The van der Waals surface area contributed by atoms with E-state index < -0.39 is 0 Å². The van der Waals surface area contributed by atoms with E-state index in [1.165, 1.54) is 43.4 Å². The summed E-state index contributed by atoms with van der Waals surface area (Å²) in [6.45, 7) is 6.91. The van der Waals surface area contributed by atoms with Crippen LogP contribution in [0.25, 0.3) is 0 Å². The lowest BCUT2D eigenvalue weighted by atomic mass is 9.89. The van der Waals surface area contributed by atoms with Gasteiger partial charge in [0.05, 0.1) is 5.69 Å². The molecule has 0 spiro atoms. The number of pyridine rings is 1. The molecule has 1 aromatic heterocycles. The van der Waals surface area contributed by atoms with Gasteiger partial charge in [0.2, 0.25) is 0 Å². The maximum Gasteiger partial charge on any atom is 0.0605 e. The molecular weight excluding hydrogens is 220 g/mol. The third-order valence-corrected chi connectivity index (χ3v) is 4.42. The van der Waals surface area contributed by atoms with Gasteiger partial charge in [0.25, 0.3) is 0 Å². The van der Waals surface area contributed by atoms with Crippen molar-refractivity contribution in [3.8, 4) is 0 Å². The Morgan fingerprint density at radius 1 is 1.39 bits per heavy atom. The zero-order valence-corrected chi connectivity index (χ0v) is 11.9. The quantitative estimate of drug-likeness (QED) is 0.853. The lowest BCUT2D eigenvalue weighted by Crippen LogP contribution is -2.37. The van der Waals surface area contributed by atoms with Gasteiger partial charge in [0.15, 0.2) is 0 Å². The summed E-state index contributed by atoms with van der Waals surface area (Å²) in [4.78, 5) is 4.60. The SMILES string of the molecule is CCC(CC)C(C)NC1CCCc2cccnc21. The molecule has 2 heteroatoms. The molecule has 0 amide bonds. The van der Waals surface area contributed by atoms with Crippen molar-refractivity contribution in [2.45, 2.75) is 65.0 Å². The fraction of sp³-hybridized carbons (Fsp3) is 0.688. The van der Waals surface area contributed by atoms with Crippen LogP contribution in [0.4, 0.5) is 0 Å². The van der Waals surface area contributed by atoms with Crippen LogP contribution in [-0.2, 0) is 6.42 Å². The molecule has 1 aliphatic carbocycles. The molecule has 100 valence electrons. The molecule has 0 saturated heterocycles. The molecule has 0 fully saturated rings. The summed E-state index contributed by atoms with van der Waals surface area (Å²) in [6.07, 6.45) is 8.15. The first kappa shape index (κ1) is 13.5. The van der Waals surface area contributed by atoms with Crippen molar-refractivity contribution in [2.75, 3.05) is 0 Å². The van der Waals surface area contributed by atoms with Gasteiger partial charge in [-0.3, -0.25) is 4.98 Å². The topological polar surface area (TPSA) is 24.9 Å². The summed E-state index contributed by atoms with van der Waals surface area (Å²) in [5.41, 5.74) is 2.74. The largest absolute Gasteiger partial charge is 0.306 e. The highest BCUT2D eigenvalue weighted by atomic mass is 15.0. The second-order valence-electron chi connectivity index (χ2n) is 5.52. The maximum atomic E-state index is 4.60. The van der Waals surface area contributed by atoms with E-state index in [4.69, 9.17) is 0 Å². The van der Waals surface area contributed by atoms with Crippen LogP contribution < -0.4 is 5.32 Å². The molecule has 18 heavy (non-hydrogen) atoms. The van der Waals surface area contributed by atoms with Gasteiger partial charge in [0, 0.05) is 18.3 Å². The zero-order valence-electron chi connectivity index (χ0n) is 11.9. The number of rotatable bonds is 5. The second kappa shape index (κ2) is 6.33. The molecule has 1 aliphatic rings. The number of nitrogens with zero attached hydrogens (tertiary/aromatic N) is 1. The van der Waals surface area contributed by atoms with Crippen LogP contribution >= 0.6 is 0 Å². The first-order valence-corrected chi connectivity index (χ1v) is 7.46. The Labute approximate surface area is 111 Å². The monoisotopic (exact) mass is 246 g/mol. The smallest absolute Gasteiger partial charge is 0.0605 e. The Balaban J connectivity index is 2.07. The summed E-state index contributed by atoms with van der Waals surface area (Å²) in [5, 5.41) is 3.81. The number of aryl methyl sites for hydroxylation is 1. The molecule has 2 nitrogen and oxygen atoms in total. The highest BCUT2D eigenvalue weighted by molar-refractivity contribution is 5.25. The molecule has 1 aromatic rings. The molecule has 0 aromatic carbocycles. The van der Waals surface area contributed by atoms with Gasteiger partial charge in [-0.15, -0.1) is 0 Å². The van der Waals surface area contributed by atoms with E-state index in [1.807, 2.05) is 6.20 Å². The van der Waals surface area contributed by atoms with Crippen LogP contribution in [0, 0.1) is 5.92 Å². The average Bonchev–Trinajstić information content (AvgIpc) is 2.40. The van der Waals surface area contributed by atoms with E-state index in [-0.39, 0.29) is 0 Å². The third-order valence-electron chi connectivity index (χ3n) is 4.42. The Kier molecular flexibility index (Phi) is 4.76. The number of fused-ring (bicyclic) bond motifs is 1. The van der Waals surface area contributed by atoms with Gasteiger partial charge >= 0.3 is 0 Å². The minimum Gasteiger partial charge on any atom is -0.306 e. The van der Waals surface area contributed by atoms with Crippen molar-refractivity contribution < 1.29 is 0 Å². The lowest BCUT2D eigenvalue weighted by Gasteiger charge is -2.31. The number of hydrogen-bond acceptors (Lipinski definition) is 2. The summed E-state index contributed by atoms with van der Waals surface area (Å²) >= 11 is 0. The molecule has 0 radical (unpaired) electrons. The van der Waals surface area contributed by atoms with E-state index in [0.717, 1.165) is 5.92 Å². The van der Waals surface area contributed by atoms with Crippen molar-refractivity contribution in [3.63, 3.8) is 0 Å². The van der Waals surface area contributed by atoms with Crippen LogP contribution in [0.15, 0.2) is 18.3 Å². The Bertz CT molecular complexity index is 371. The standard InChI is InChI=1S/C16H26N2/c1-4-13(5-2)12(3)18-15-10-6-8-14-9-7-11-17-16(14)15/h7,9,11-13,15,18H,4-6,8,10H2,1-3H3. The van der Waals surface area contributed by atoms with Crippen LogP contribution in [0.1, 0.15) is 63.8 Å². The van der Waals surface area contributed by atoms with Crippen LogP contribution in [0.3, 0.4) is 0 Å². The summed E-state index contributed by atoms with van der Waals surface area (Å²) in [5.74, 6) is 0.777. The zero-order chi connectivity index (χ0) is 13.0. The van der Waals surface area contributed by atoms with Gasteiger partial charge in [-0.25, -0.2) is 0 Å². The van der Waals surface area contributed by atoms with E-state index >= 15 is 0 Å². The van der Waals surface area contributed by atoms with Crippen molar-refractivity contribution in [2.24, 2.45) is 5.92 Å². The highest BCUT2D eigenvalue weighted by Gasteiger charge is 2.24. The predicted octanol–water partition coefficient (Wildman–Crippen LogP) is 3.87. The minimum atomic E-state index is 0.463. The first-order valence-electron chi connectivity index (χ1n) is 7.46. The Morgan fingerprint density at radius 2 is 2.17 bits per heavy atom. The molecule has 0 saturated carbocycles. The van der Waals surface area contributed by atoms with E-state index in [0.29, 0.717) is 12.1 Å². The molecule has 2 unspecified atom stereocenters. The molecule has 2 rings (SSSR count). The molecule has 2 atom stereocenters. The molecule has 0 aliphatic heterocycles. The number of hydrogen-bond donors (Lipinski definition) is 1. The van der Waals surface area contributed by atoms with E-state index in [2.05, 4.69) is 43.2 Å². The lowest BCUT2D eigenvalue weighted by molar-refractivity contribution is 0.304. The van der Waals surface area contributed by atoms with Gasteiger partial charge in [0.1, 0.15) is 0 Å². The number of nitrogens with one attached hydrogen (secondary N) is 1. The van der Waals surface area contributed by atoms with E-state index in [9.17, 15) is 0 Å². The number of aromatic nitrogens is 1. The van der Waals surface area contributed by atoms with Gasteiger partial charge in [-0.1, -0.05) is 32.8 Å². The van der Waals surface area contributed by atoms with Crippen molar-refractivity contribution in [3.05, 3.63) is 29.6 Å². The fourth-order valence-corrected chi connectivity index (χ4v) is 3.22. The summed E-state index contributed by atoms with van der Waals surface area (Å²) < 4.78 is 0. The molecule has 0 bridgehead atoms. The summed E-state index contributed by atoms with van der Waals surface area (Å²) in [6, 6.07) is 5.34. The minimum absolute atomic E-state index is 0.463. The van der Waals surface area contributed by atoms with Crippen molar-refractivity contribution in [1.29, 1.82) is 0 Å². The summed E-state index contributed by atoms with van der Waals surface area (Å²) in [7, 11) is 0. The highest BCUT2D eigenvalue weighted by Crippen LogP contribution is 2.29. The van der Waals surface area contributed by atoms with Crippen LogP contribution in [-0.4, -0.2) is 11.0 Å². The van der Waals surface area contributed by atoms with Gasteiger partial charge in [-0.2, -0.15) is 0 Å². The van der Waals surface area contributed by atoms with Gasteiger partial charge < -0.3 is 5.32 Å². The van der Waals surface area contributed by atoms with Crippen molar-refractivity contribution >= 4 is 0 Å². The fourth-order valence-electron chi connectivity index (χ4n) is 3.22. The molecule has 1 N–H and O–H groups in total. The van der Waals surface area contributed by atoms with Crippen LogP contribution in [0.5, 0.6) is 0 Å². The molecule has 1 heterocycles. The third kappa shape index (κ3) is 2.92. The maximum absolute atomic E-state index is 4.60. The molecular formula is C16H26N2. The Hall–Kier alpha value is -0.890. The predicted molar refractivity (Wildman–Crippen MR) is 76.6 cm³/mol. The van der Waals surface area contributed by atoms with Crippen LogP contribution in [0.2, 0.25) is 0 Å². The normalized spacial score (nSPS) is 20.8. The first-order chi connectivity index (χ1) is 8.76.